The average molecular weight is 501 g/mol. The predicted molar refractivity (Wildman–Crippen MR) is 120 cm³/mol. The van der Waals surface area contributed by atoms with Crippen LogP contribution in [0.3, 0.4) is 0 Å². The monoisotopic (exact) mass is 500 g/mol. The van der Waals surface area contributed by atoms with Crippen LogP contribution >= 0.6 is 23.2 Å². The first-order valence-corrected chi connectivity index (χ1v) is 11.1. The van der Waals surface area contributed by atoms with E-state index in [1.807, 2.05) is 13.8 Å². The summed E-state index contributed by atoms with van der Waals surface area (Å²) in [6.45, 7) is 0.968. The number of hydrogen-bond acceptors (Lipinski definition) is 8. The van der Waals surface area contributed by atoms with E-state index >= 15 is 0 Å². The fraction of sp³-hybridized carbons (Fsp3) is 0.500. The number of rotatable bonds is 8. The average Bonchev–Trinajstić information content (AvgIpc) is 3.25. The van der Waals surface area contributed by atoms with Crippen LogP contribution in [-0.4, -0.2) is 74.0 Å². The van der Waals surface area contributed by atoms with Crippen molar-refractivity contribution in [3.8, 4) is 0 Å². The van der Waals surface area contributed by atoms with Gasteiger partial charge in [0.25, 0.3) is 11.9 Å². The minimum absolute atomic E-state index is 0.0818. The molecule has 33 heavy (non-hydrogen) atoms. The van der Waals surface area contributed by atoms with Gasteiger partial charge in [-0.1, -0.05) is 43.5 Å². The van der Waals surface area contributed by atoms with Gasteiger partial charge in [-0.25, -0.2) is 0 Å². The molecule has 1 aromatic carbocycles. The highest BCUT2D eigenvalue weighted by Crippen LogP contribution is 2.40. The van der Waals surface area contributed by atoms with Crippen LogP contribution in [0.25, 0.3) is 0 Å². The number of likely N-dealkylation sites (N-methyl/N-ethyl adjacent to an activating group) is 1. The number of ether oxygens (including phenoxy) is 1. The van der Waals surface area contributed by atoms with Crippen LogP contribution in [0.15, 0.2) is 18.2 Å². The molecule has 2 amide bonds. The fourth-order valence-electron chi connectivity index (χ4n) is 4.25. The molecule has 10 nitrogen and oxygen atoms in total. The van der Waals surface area contributed by atoms with Crippen LogP contribution in [0.1, 0.15) is 30.6 Å². The van der Waals surface area contributed by atoms with Gasteiger partial charge in [0.15, 0.2) is 0 Å². The van der Waals surface area contributed by atoms with E-state index in [4.69, 9.17) is 37.2 Å². The van der Waals surface area contributed by atoms with Crippen molar-refractivity contribution < 1.29 is 33.2 Å². The van der Waals surface area contributed by atoms with Crippen molar-refractivity contribution in [2.24, 2.45) is 5.92 Å². The number of carbonyl (C=O) groups excluding carboxylic acids is 4. The van der Waals surface area contributed by atoms with Gasteiger partial charge < -0.3 is 29.5 Å². The second kappa shape index (κ2) is 9.88. The summed E-state index contributed by atoms with van der Waals surface area (Å²) in [5.41, 5.74) is 0.130. The molecule has 3 rings (SSSR count). The molecule has 2 unspecified atom stereocenters. The van der Waals surface area contributed by atoms with Crippen LogP contribution in [0.5, 0.6) is 0 Å². The standard InChI is InChI=1S/C20H25BCl2N3O7/c1-10(2)7-14(21-26(3)16(19(29)31-4)17(32-21)20(30)33-21)25-15(27)9-24-18(28)12-8-11(22)5-6-13(12)23/h5-6,8,10,14,16-17H,7,9H2,1-4H3,(H,24,28)(H,25,27)/q-1/t14?,16-,17-,21?/m1/s1. The summed E-state index contributed by atoms with van der Waals surface area (Å²) in [5, 5.41) is 5.80. The first kappa shape index (κ1) is 25.3. The van der Waals surface area contributed by atoms with E-state index in [-0.39, 0.29) is 23.0 Å². The quantitative estimate of drug-likeness (QED) is 0.402. The summed E-state index contributed by atoms with van der Waals surface area (Å²) in [4.78, 5) is 51.3. The number of fused-ring (bicyclic) bond motifs is 2. The highest BCUT2D eigenvalue weighted by atomic mass is 35.5. The van der Waals surface area contributed by atoms with Crippen LogP contribution in [0, 0.1) is 5.92 Å². The highest BCUT2D eigenvalue weighted by molar-refractivity contribution is 6.71. The lowest BCUT2D eigenvalue weighted by atomic mass is 9.58. The van der Waals surface area contributed by atoms with E-state index in [0.29, 0.717) is 11.4 Å². The van der Waals surface area contributed by atoms with E-state index in [0.717, 1.165) is 0 Å². The van der Waals surface area contributed by atoms with E-state index < -0.39 is 48.5 Å². The topological polar surface area (TPSA) is 123 Å². The zero-order chi connectivity index (χ0) is 24.5. The Labute approximate surface area is 201 Å². The van der Waals surface area contributed by atoms with Gasteiger partial charge in [0.1, 0.15) is 12.1 Å². The maximum Gasteiger partial charge on any atom is 0.397 e. The molecule has 2 bridgehead atoms. The second-order valence-corrected chi connectivity index (χ2v) is 9.31. The van der Waals surface area contributed by atoms with Crippen molar-refractivity contribution in [1.82, 2.24) is 15.4 Å². The van der Waals surface area contributed by atoms with E-state index in [1.54, 1.807) is 13.1 Å². The lowest BCUT2D eigenvalue weighted by Gasteiger charge is -2.47. The first-order chi connectivity index (χ1) is 15.5. The maximum atomic E-state index is 12.7. The van der Waals surface area contributed by atoms with Gasteiger partial charge in [0.05, 0.1) is 24.2 Å². The summed E-state index contributed by atoms with van der Waals surface area (Å²) in [5.74, 6) is -3.12. The Morgan fingerprint density at radius 1 is 1.27 bits per heavy atom. The fourth-order valence-corrected chi connectivity index (χ4v) is 4.62. The van der Waals surface area contributed by atoms with E-state index in [1.165, 1.54) is 24.1 Å². The van der Waals surface area contributed by atoms with Gasteiger partial charge in [0, 0.05) is 5.02 Å². The number of nitrogens with zero attached hydrogens (tertiary/aromatic N) is 1. The molecular formula is C20H25BCl2N3O7-. The van der Waals surface area contributed by atoms with Gasteiger partial charge in [-0.2, -0.15) is 0 Å². The summed E-state index contributed by atoms with van der Waals surface area (Å²) < 4.78 is 16.3. The molecule has 2 saturated heterocycles. The molecule has 180 valence electrons. The lowest BCUT2D eigenvalue weighted by molar-refractivity contribution is -0.153. The highest BCUT2D eigenvalue weighted by Gasteiger charge is 2.64. The largest absolute Gasteiger partial charge is 0.650 e. The SMILES string of the molecule is COC(=O)[C@H]1[C@H]2O[B-](C(CC(C)C)NC(=O)CNC(=O)c3cc(Cl)ccc3Cl)(OC2=O)N1C. The number of esters is 1. The molecule has 1 aromatic rings. The van der Waals surface area contributed by atoms with Crippen molar-refractivity contribution in [3.05, 3.63) is 33.8 Å². The van der Waals surface area contributed by atoms with Crippen molar-refractivity contribution in [1.29, 1.82) is 0 Å². The molecule has 2 fully saturated rings. The number of hydrogen-bond donors (Lipinski definition) is 2. The molecule has 2 aliphatic rings. The van der Waals surface area contributed by atoms with Crippen LogP contribution in [0.2, 0.25) is 10.0 Å². The molecule has 0 radical (unpaired) electrons. The molecular weight excluding hydrogens is 476 g/mol. The third-order valence-electron chi connectivity index (χ3n) is 5.76. The third-order valence-corrected chi connectivity index (χ3v) is 6.32. The van der Waals surface area contributed by atoms with Crippen LogP contribution in [-0.2, 0) is 28.4 Å². The number of methoxy groups -OCH3 is 1. The normalized spacial score (nSPS) is 25.0. The summed E-state index contributed by atoms with van der Waals surface area (Å²) in [6.07, 6.45) is -0.753. The molecule has 13 heteroatoms. The number of amides is 2. The zero-order valence-electron chi connectivity index (χ0n) is 18.6. The Bertz CT molecular complexity index is 979. The predicted octanol–water partition coefficient (Wildman–Crippen LogP) is 1.16. The van der Waals surface area contributed by atoms with Gasteiger partial charge in [0.2, 0.25) is 5.91 Å². The van der Waals surface area contributed by atoms with Crippen molar-refractivity contribution >= 4 is 53.6 Å². The molecule has 2 N–H and O–H groups in total. The second-order valence-electron chi connectivity index (χ2n) is 8.47. The smallest absolute Gasteiger partial charge is 0.397 e. The van der Waals surface area contributed by atoms with Crippen molar-refractivity contribution in [3.63, 3.8) is 0 Å². The Kier molecular flexibility index (Phi) is 7.57. The summed E-state index contributed by atoms with van der Waals surface area (Å²) in [7, 11) is 2.80. The van der Waals surface area contributed by atoms with Gasteiger partial charge in [-0.3, -0.25) is 19.2 Å². The van der Waals surface area contributed by atoms with Crippen LogP contribution in [0.4, 0.5) is 0 Å². The Morgan fingerprint density at radius 3 is 2.61 bits per heavy atom. The van der Waals surface area contributed by atoms with Gasteiger partial charge in [-0.05, 0) is 37.1 Å². The summed E-state index contributed by atoms with van der Waals surface area (Å²) >= 11 is 11.9. The summed E-state index contributed by atoms with van der Waals surface area (Å²) in [6, 6.07) is 3.44. The Morgan fingerprint density at radius 2 is 1.97 bits per heavy atom. The van der Waals surface area contributed by atoms with Gasteiger partial charge >= 0.3 is 12.7 Å². The maximum absolute atomic E-state index is 12.7. The minimum Gasteiger partial charge on any atom is -0.650 e. The third kappa shape index (κ3) is 4.96. The number of halogens is 2. The van der Waals surface area contributed by atoms with Crippen molar-refractivity contribution in [2.75, 3.05) is 20.7 Å². The molecule has 0 saturated carbocycles. The first-order valence-electron chi connectivity index (χ1n) is 10.4. The Balaban J connectivity index is 1.74. The van der Waals surface area contributed by atoms with Gasteiger partial charge in [-0.15, -0.1) is 0 Å². The molecule has 0 spiro atoms. The number of carbonyl (C=O) groups is 4. The van der Waals surface area contributed by atoms with Crippen molar-refractivity contribution in [2.45, 2.75) is 38.4 Å². The minimum atomic E-state index is -2.51. The molecule has 2 aliphatic heterocycles. The molecule has 0 aromatic heterocycles. The zero-order valence-corrected chi connectivity index (χ0v) is 20.1. The number of benzene rings is 1. The van der Waals surface area contributed by atoms with Crippen LogP contribution < -0.4 is 10.6 Å². The molecule has 2 heterocycles. The molecule has 4 atom stereocenters. The Hall–Kier alpha value is -2.34. The lowest BCUT2D eigenvalue weighted by Crippen LogP contribution is -2.69. The van der Waals surface area contributed by atoms with E-state index in [9.17, 15) is 19.2 Å². The molecule has 0 aliphatic carbocycles. The van der Waals surface area contributed by atoms with E-state index in [2.05, 4.69) is 10.6 Å². The number of nitrogens with one attached hydrogen (secondary N) is 2.